The quantitative estimate of drug-likeness (QED) is 0.564. The van der Waals surface area contributed by atoms with Crippen LogP contribution in [0, 0.1) is 19.3 Å². The van der Waals surface area contributed by atoms with Gasteiger partial charge in [-0.05, 0) is 54.5 Å². The summed E-state index contributed by atoms with van der Waals surface area (Å²) in [4.78, 5) is 4.99. The molecule has 0 radical (unpaired) electrons. The van der Waals surface area contributed by atoms with Crippen molar-refractivity contribution in [1.82, 2.24) is 4.98 Å². The van der Waals surface area contributed by atoms with E-state index in [1.54, 1.807) is 0 Å². The summed E-state index contributed by atoms with van der Waals surface area (Å²) in [7, 11) is 0. The van der Waals surface area contributed by atoms with E-state index in [4.69, 9.17) is 15.5 Å². The van der Waals surface area contributed by atoms with E-state index in [1.165, 1.54) is 16.7 Å². The van der Waals surface area contributed by atoms with Gasteiger partial charge in [0, 0.05) is 23.5 Å². The molecule has 3 aromatic rings. The highest BCUT2D eigenvalue weighted by Gasteiger charge is 2.22. The molecule has 152 valence electrons. The molecule has 0 spiro atoms. The van der Waals surface area contributed by atoms with Crippen molar-refractivity contribution in [3.63, 3.8) is 0 Å². The molecule has 2 aromatic carbocycles. The fourth-order valence-corrected chi connectivity index (χ4v) is 3.63. The smallest absolute Gasteiger partial charge is 0.119 e. The second-order valence-corrected chi connectivity index (χ2v) is 8.89. The molecular formula is C26H32N2O. The molecule has 0 saturated carbocycles. The summed E-state index contributed by atoms with van der Waals surface area (Å²) in [6.45, 7) is 11.8. The maximum atomic E-state index is 6.28. The molecule has 3 rings (SSSR count). The van der Waals surface area contributed by atoms with Gasteiger partial charge in [0.1, 0.15) is 12.4 Å². The van der Waals surface area contributed by atoms with E-state index in [9.17, 15) is 0 Å². The van der Waals surface area contributed by atoms with Crippen LogP contribution in [-0.2, 0) is 19.6 Å². The Morgan fingerprint density at radius 3 is 2.14 bits per heavy atom. The normalized spacial score (nSPS) is 11.5. The van der Waals surface area contributed by atoms with Crippen LogP contribution in [0.15, 0.2) is 54.6 Å². The number of rotatable bonds is 6. The summed E-state index contributed by atoms with van der Waals surface area (Å²) in [5, 5.41) is 0. The minimum atomic E-state index is 0.135. The molecule has 3 nitrogen and oxygen atoms in total. The van der Waals surface area contributed by atoms with Crippen LogP contribution in [0.1, 0.15) is 48.8 Å². The van der Waals surface area contributed by atoms with Crippen LogP contribution in [0.25, 0.3) is 11.1 Å². The molecule has 0 saturated heterocycles. The molecule has 2 N–H and O–H groups in total. The van der Waals surface area contributed by atoms with Crippen LogP contribution in [0.3, 0.4) is 0 Å². The molecule has 0 aliphatic heterocycles. The van der Waals surface area contributed by atoms with Crippen molar-refractivity contribution in [3.8, 4) is 16.9 Å². The Labute approximate surface area is 175 Å². The summed E-state index contributed by atoms with van der Waals surface area (Å²) in [6.07, 6.45) is 0.888. The fraction of sp³-hybridized carbons (Fsp3) is 0.346. The number of hydrogen-bond donors (Lipinski definition) is 1. The average Bonchev–Trinajstić information content (AvgIpc) is 2.67. The van der Waals surface area contributed by atoms with Gasteiger partial charge < -0.3 is 10.5 Å². The van der Waals surface area contributed by atoms with E-state index in [0.717, 1.165) is 34.7 Å². The van der Waals surface area contributed by atoms with E-state index in [1.807, 2.05) is 30.3 Å². The second-order valence-electron chi connectivity index (χ2n) is 8.89. The highest BCUT2D eigenvalue weighted by molar-refractivity contribution is 5.73. The predicted octanol–water partition coefficient (Wildman–Crippen LogP) is 5.99. The van der Waals surface area contributed by atoms with E-state index in [-0.39, 0.29) is 5.41 Å². The lowest BCUT2D eigenvalue weighted by atomic mass is 9.85. The molecule has 29 heavy (non-hydrogen) atoms. The molecule has 0 bridgehead atoms. The lowest BCUT2D eigenvalue weighted by molar-refractivity contribution is 0.305. The third-order valence-electron chi connectivity index (χ3n) is 5.06. The summed E-state index contributed by atoms with van der Waals surface area (Å²) in [5.41, 5.74) is 14.3. The van der Waals surface area contributed by atoms with Crippen molar-refractivity contribution in [2.45, 2.75) is 54.2 Å². The molecule has 1 heterocycles. The van der Waals surface area contributed by atoms with Crippen LogP contribution in [0.5, 0.6) is 5.75 Å². The average molecular weight is 389 g/mol. The van der Waals surface area contributed by atoms with E-state index >= 15 is 0 Å². The molecule has 0 aliphatic rings. The Hall–Kier alpha value is -2.65. The number of para-hydroxylation sites is 1. The van der Waals surface area contributed by atoms with E-state index < -0.39 is 0 Å². The number of ether oxygens (including phenoxy) is 1. The van der Waals surface area contributed by atoms with Gasteiger partial charge in [-0.25, -0.2) is 0 Å². The van der Waals surface area contributed by atoms with Crippen LogP contribution < -0.4 is 10.5 Å². The Morgan fingerprint density at radius 1 is 0.897 bits per heavy atom. The maximum Gasteiger partial charge on any atom is 0.119 e. The Balaban J connectivity index is 2.13. The van der Waals surface area contributed by atoms with Gasteiger partial charge in [0.25, 0.3) is 0 Å². The minimum absolute atomic E-state index is 0.135. The summed E-state index contributed by atoms with van der Waals surface area (Å²) < 4.78 is 6.12. The number of benzene rings is 2. The van der Waals surface area contributed by atoms with Crippen molar-refractivity contribution < 1.29 is 4.74 Å². The molecule has 0 amide bonds. The number of aryl methyl sites for hydroxylation is 2. The maximum absolute atomic E-state index is 6.28. The predicted molar refractivity (Wildman–Crippen MR) is 121 cm³/mol. The Bertz CT molecular complexity index is 955. The first kappa shape index (κ1) is 21.1. The van der Waals surface area contributed by atoms with E-state index in [0.29, 0.717) is 13.2 Å². The standard InChI is InChI=1S/C26H32N2O/c1-18-11-13-20(14-12-18)25-22(16-27)24(15-26(3,4)5)28-19(2)23(25)17-29-21-9-7-6-8-10-21/h6-14H,15-17,27H2,1-5H3. The molecular weight excluding hydrogens is 356 g/mol. The molecule has 0 atom stereocenters. The lowest BCUT2D eigenvalue weighted by Crippen LogP contribution is -2.18. The summed E-state index contributed by atoms with van der Waals surface area (Å²) in [5.74, 6) is 0.856. The SMILES string of the molecule is Cc1ccc(-c2c(COc3ccccc3)c(C)nc(CC(C)(C)C)c2CN)cc1. The van der Waals surface area contributed by atoms with Gasteiger partial charge in [-0.15, -0.1) is 0 Å². The first-order valence-corrected chi connectivity index (χ1v) is 10.2. The van der Waals surface area contributed by atoms with Crippen LogP contribution in [0.2, 0.25) is 0 Å². The topological polar surface area (TPSA) is 48.1 Å². The van der Waals surface area contributed by atoms with Crippen molar-refractivity contribution in [1.29, 1.82) is 0 Å². The first-order valence-electron chi connectivity index (χ1n) is 10.2. The monoisotopic (exact) mass is 388 g/mol. The first-order chi connectivity index (χ1) is 13.8. The Kier molecular flexibility index (Phi) is 6.39. The largest absolute Gasteiger partial charge is 0.489 e. The molecule has 3 heteroatoms. The Morgan fingerprint density at radius 2 is 1.55 bits per heavy atom. The molecule has 1 aromatic heterocycles. The zero-order valence-electron chi connectivity index (χ0n) is 18.3. The van der Waals surface area contributed by atoms with Crippen LogP contribution in [-0.4, -0.2) is 4.98 Å². The van der Waals surface area contributed by atoms with Crippen LogP contribution in [0.4, 0.5) is 0 Å². The van der Waals surface area contributed by atoms with E-state index in [2.05, 4.69) is 58.9 Å². The number of aromatic nitrogens is 1. The molecule has 0 fully saturated rings. The van der Waals surface area contributed by atoms with Crippen molar-refractivity contribution in [2.24, 2.45) is 11.1 Å². The van der Waals surface area contributed by atoms with Crippen molar-refractivity contribution in [2.75, 3.05) is 0 Å². The third kappa shape index (κ3) is 5.24. The van der Waals surface area contributed by atoms with Gasteiger partial charge in [-0.1, -0.05) is 68.8 Å². The lowest BCUT2D eigenvalue weighted by Gasteiger charge is -2.24. The van der Waals surface area contributed by atoms with Gasteiger partial charge in [0.05, 0.1) is 0 Å². The molecule has 0 aliphatic carbocycles. The van der Waals surface area contributed by atoms with Gasteiger partial charge >= 0.3 is 0 Å². The fourth-order valence-electron chi connectivity index (χ4n) is 3.63. The third-order valence-corrected chi connectivity index (χ3v) is 5.06. The summed E-state index contributed by atoms with van der Waals surface area (Å²) >= 11 is 0. The highest BCUT2D eigenvalue weighted by Crippen LogP contribution is 2.34. The zero-order chi connectivity index (χ0) is 21.0. The highest BCUT2D eigenvalue weighted by atomic mass is 16.5. The van der Waals surface area contributed by atoms with Gasteiger partial charge in [-0.3, -0.25) is 4.98 Å². The van der Waals surface area contributed by atoms with Crippen molar-refractivity contribution in [3.05, 3.63) is 82.7 Å². The summed E-state index contributed by atoms with van der Waals surface area (Å²) in [6, 6.07) is 18.6. The zero-order valence-corrected chi connectivity index (χ0v) is 18.3. The molecule has 0 unspecified atom stereocenters. The second kappa shape index (κ2) is 8.79. The number of nitrogens with zero attached hydrogens (tertiary/aromatic N) is 1. The minimum Gasteiger partial charge on any atom is -0.489 e. The number of nitrogens with two attached hydrogens (primary N) is 1. The number of hydrogen-bond acceptors (Lipinski definition) is 3. The van der Waals surface area contributed by atoms with Gasteiger partial charge in [0.15, 0.2) is 0 Å². The number of pyridine rings is 1. The van der Waals surface area contributed by atoms with Gasteiger partial charge in [-0.2, -0.15) is 0 Å². The van der Waals surface area contributed by atoms with Crippen molar-refractivity contribution >= 4 is 0 Å². The van der Waals surface area contributed by atoms with Crippen LogP contribution >= 0.6 is 0 Å². The van der Waals surface area contributed by atoms with Gasteiger partial charge in [0.2, 0.25) is 0 Å².